The van der Waals surface area contributed by atoms with E-state index in [9.17, 15) is 4.79 Å². The Morgan fingerprint density at radius 1 is 1.28 bits per heavy atom. The molecular formula is C21H17Cl2NO3S2. The van der Waals surface area contributed by atoms with Crippen LogP contribution in [-0.4, -0.2) is 28.8 Å². The van der Waals surface area contributed by atoms with Crippen molar-refractivity contribution >= 4 is 63.5 Å². The van der Waals surface area contributed by atoms with Crippen LogP contribution in [0, 0.1) is 0 Å². The van der Waals surface area contributed by atoms with Crippen LogP contribution in [-0.2, 0) is 11.4 Å². The van der Waals surface area contributed by atoms with Gasteiger partial charge in [-0.15, -0.1) is 6.58 Å². The fourth-order valence-corrected chi connectivity index (χ4v) is 4.41. The number of nitrogens with zero attached hydrogens (tertiary/aromatic N) is 1. The van der Waals surface area contributed by atoms with Crippen LogP contribution in [0.5, 0.6) is 11.5 Å². The Hall–Kier alpha value is -1.99. The topological polar surface area (TPSA) is 38.8 Å². The number of halogens is 2. The number of thiocarbonyl (C=S) groups is 1. The van der Waals surface area contributed by atoms with Gasteiger partial charge in [0.2, 0.25) is 0 Å². The van der Waals surface area contributed by atoms with E-state index in [-0.39, 0.29) is 12.5 Å². The standard InChI is InChI=1S/C21H17Cl2NO3S2/c1-3-9-24-20(25)18(29-21(24)28)10-13-5-4-6-17(26-2)19(13)27-12-14-7-8-15(22)11-16(14)23/h3-8,10-11H,1,9,12H2,2H3. The predicted molar refractivity (Wildman–Crippen MR) is 124 cm³/mol. The first-order valence-corrected chi connectivity index (χ1v) is 10.5. The predicted octanol–water partition coefficient (Wildman–Crippen LogP) is 5.97. The third kappa shape index (κ3) is 4.95. The number of ether oxygens (including phenoxy) is 2. The van der Waals surface area contributed by atoms with Crippen molar-refractivity contribution in [1.29, 1.82) is 0 Å². The average molecular weight is 466 g/mol. The Balaban J connectivity index is 1.91. The Morgan fingerprint density at radius 3 is 2.76 bits per heavy atom. The lowest BCUT2D eigenvalue weighted by molar-refractivity contribution is -0.121. The summed E-state index contributed by atoms with van der Waals surface area (Å²) >= 11 is 18.7. The van der Waals surface area contributed by atoms with Crippen LogP contribution in [0.4, 0.5) is 0 Å². The molecule has 1 aliphatic heterocycles. The average Bonchev–Trinajstić information content (AvgIpc) is 2.95. The lowest BCUT2D eigenvalue weighted by atomic mass is 10.1. The molecule has 0 N–H and O–H groups in total. The third-order valence-corrected chi connectivity index (χ3v) is 6.05. The van der Waals surface area contributed by atoms with Crippen LogP contribution in [0.3, 0.4) is 0 Å². The van der Waals surface area contributed by atoms with Gasteiger partial charge in [0.25, 0.3) is 5.91 Å². The van der Waals surface area contributed by atoms with Crippen LogP contribution >= 0.6 is 47.2 Å². The van der Waals surface area contributed by atoms with Crippen LogP contribution in [0.2, 0.25) is 10.0 Å². The van der Waals surface area contributed by atoms with Crippen molar-refractivity contribution < 1.29 is 14.3 Å². The second-order valence-corrected chi connectivity index (χ2v) is 8.50. The van der Waals surface area contributed by atoms with Gasteiger partial charge in [0.1, 0.15) is 10.9 Å². The molecule has 0 bridgehead atoms. The summed E-state index contributed by atoms with van der Waals surface area (Å²) < 4.78 is 12.0. The van der Waals surface area contributed by atoms with Gasteiger partial charge in [0.05, 0.1) is 12.0 Å². The first-order chi connectivity index (χ1) is 13.9. The minimum Gasteiger partial charge on any atom is -0.493 e. The maximum Gasteiger partial charge on any atom is 0.266 e. The van der Waals surface area contributed by atoms with Gasteiger partial charge in [-0.3, -0.25) is 9.69 Å². The van der Waals surface area contributed by atoms with Crippen molar-refractivity contribution in [2.24, 2.45) is 0 Å². The van der Waals surface area contributed by atoms with Gasteiger partial charge in [-0.25, -0.2) is 0 Å². The minimum absolute atomic E-state index is 0.158. The highest BCUT2D eigenvalue weighted by Gasteiger charge is 2.31. The van der Waals surface area contributed by atoms with Gasteiger partial charge in [0, 0.05) is 27.7 Å². The summed E-state index contributed by atoms with van der Waals surface area (Å²) in [5.74, 6) is 0.898. The van der Waals surface area contributed by atoms with Gasteiger partial charge in [-0.05, 0) is 24.3 Å². The fourth-order valence-electron chi connectivity index (χ4n) is 2.68. The van der Waals surface area contributed by atoms with Crippen LogP contribution in [0.15, 0.2) is 54.0 Å². The summed E-state index contributed by atoms with van der Waals surface area (Å²) in [5.41, 5.74) is 1.48. The first kappa shape index (κ1) is 21.7. The normalized spacial score (nSPS) is 15.1. The number of amides is 1. The molecule has 8 heteroatoms. The van der Waals surface area contributed by atoms with Gasteiger partial charge in [-0.1, -0.05) is 71.5 Å². The van der Waals surface area contributed by atoms with Gasteiger partial charge in [-0.2, -0.15) is 0 Å². The van der Waals surface area contributed by atoms with Crippen LogP contribution < -0.4 is 9.47 Å². The molecule has 29 heavy (non-hydrogen) atoms. The monoisotopic (exact) mass is 465 g/mol. The molecule has 2 aromatic rings. The Labute approximate surface area is 189 Å². The van der Waals surface area contributed by atoms with Crippen molar-refractivity contribution in [1.82, 2.24) is 4.90 Å². The number of methoxy groups -OCH3 is 1. The number of carbonyl (C=O) groups excluding carboxylic acids is 1. The van der Waals surface area contributed by atoms with Gasteiger partial charge in [0.15, 0.2) is 11.5 Å². The van der Waals surface area contributed by atoms with Gasteiger partial charge >= 0.3 is 0 Å². The number of hydrogen-bond acceptors (Lipinski definition) is 5. The van der Waals surface area contributed by atoms with E-state index in [4.69, 9.17) is 44.9 Å². The van der Waals surface area contributed by atoms with E-state index in [2.05, 4.69) is 6.58 Å². The minimum atomic E-state index is -0.158. The maximum absolute atomic E-state index is 12.6. The third-order valence-electron chi connectivity index (χ3n) is 4.09. The number of carbonyl (C=O) groups is 1. The smallest absolute Gasteiger partial charge is 0.266 e. The maximum atomic E-state index is 12.6. The number of para-hydroxylation sites is 1. The molecule has 0 spiro atoms. The molecule has 0 aliphatic carbocycles. The van der Waals surface area contributed by atoms with E-state index in [1.54, 1.807) is 43.5 Å². The molecular weight excluding hydrogens is 449 g/mol. The molecule has 1 saturated heterocycles. The van der Waals surface area contributed by atoms with Crippen molar-refractivity contribution in [3.63, 3.8) is 0 Å². The second kappa shape index (κ2) is 9.67. The Kier molecular flexibility index (Phi) is 7.24. The number of benzene rings is 2. The highest BCUT2D eigenvalue weighted by molar-refractivity contribution is 8.26. The Morgan fingerprint density at radius 2 is 2.07 bits per heavy atom. The lowest BCUT2D eigenvalue weighted by Crippen LogP contribution is -2.27. The number of hydrogen-bond donors (Lipinski definition) is 0. The summed E-state index contributed by atoms with van der Waals surface area (Å²) in [4.78, 5) is 14.7. The molecule has 1 amide bonds. The largest absolute Gasteiger partial charge is 0.493 e. The molecule has 1 fully saturated rings. The molecule has 0 aromatic heterocycles. The highest BCUT2D eigenvalue weighted by atomic mass is 35.5. The lowest BCUT2D eigenvalue weighted by Gasteiger charge is -2.14. The van der Waals surface area contributed by atoms with E-state index >= 15 is 0 Å². The summed E-state index contributed by atoms with van der Waals surface area (Å²) in [7, 11) is 1.56. The SMILES string of the molecule is C=CCN1C(=O)C(=Cc2cccc(OC)c2OCc2ccc(Cl)cc2Cl)SC1=S. The molecule has 0 radical (unpaired) electrons. The number of thioether (sulfide) groups is 1. The molecule has 1 heterocycles. The summed E-state index contributed by atoms with van der Waals surface area (Å²) in [6.07, 6.45) is 3.40. The molecule has 0 unspecified atom stereocenters. The van der Waals surface area contributed by atoms with Crippen LogP contribution in [0.25, 0.3) is 6.08 Å². The van der Waals surface area contributed by atoms with Crippen molar-refractivity contribution in [2.75, 3.05) is 13.7 Å². The van der Waals surface area contributed by atoms with Gasteiger partial charge < -0.3 is 9.47 Å². The zero-order chi connectivity index (χ0) is 21.0. The van der Waals surface area contributed by atoms with E-state index < -0.39 is 0 Å². The highest BCUT2D eigenvalue weighted by Crippen LogP contribution is 2.38. The molecule has 1 aliphatic rings. The summed E-state index contributed by atoms with van der Waals surface area (Å²) in [5, 5.41) is 1.07. The van der Waals surface area contributed by atoms with Crippen molar-refractivity contribution in [2.45, 2.75) is 6.61 Å². The molecule has 2 aromatic carbocycles. The molecule has 4 nitrogen and oxygen atoms in total. The van der Waals surface area contributed by atoms with E-state index in [1.165, 1.54) is 16.7 Å². The fraction of sp³-hybridized carbons (Fsp3) is 0.143. The zero-order valence-corrected chi connectivity index (χ0v) is 18.6. The second-order valence-electron chi connectivity index (χ2n) is 5.98. The van der Waals surface area contributed by atoms with E-state index in [0.29, 0.717) is 42.9 Å². The van der Waals surface area contributed by atoms with Crippen molar-refractivity contribution in [3.05, 3.63) is 75.1 Å². The van der Waals surface area contributed by atoms with E-state index in [0.717, 1.165) is 5.56 Å². The van der Waals surface area contributed by atoms with Crippen molar-refractivity contribution in [3.8, 4) is 11.5 Å². The zero-order valence-electron chi connectivity index (χ0n) is 15.5. The molecule has 3 rings (SSSR count). The van der Waals surface area contributed by atoms with Crippen LogP contribution in [0.1, 0.15) is 11.1 Å². The quantitative estimate of drug-likeness (QED) is 0.286. The molecule has 150 valence electrons. The molecule has 0 atom stereocenters. The first-order valence-electron chi connectivity index (χ1n) is 8.54. The summed E-state index contributed by atoms with van der Waals surface area (Å²) in [6.45, 7) is 4.26. The molecule has 0 saturated carbocycles. The Bertz CT molecular complexity index is 1010. The summed E-state index contributed by atoms with van der Waals surface area (Å²) in [6, 6.07) is 10.7. The van der Waals surface area contributed by atoms with E-state index in [1.807, 2.05) is 12.1 Å². The number of rotatable bonds is 7.